The van der Waals surface area contributed by atoms with Gasteiger partial charge in [0.25, 0.3) is 5.56 Å². The molecule has 1 aliphatic rings. The van der Waals surface area contributed by atoms with Crippen LogP contribution in [0.5, 0.6) is 0 Å². The molecule has 25 heavy (non-hydrogen) atoms. The highest BCUT2D eigenvalue weighted by Gasteiger charge is 2.33. The molecule has 10 heteroatoms. The molecule has 0 N–H and O–H groups in total. The van der Waals surface area contributed by atoms with Crippen molar-refractivity contribution in [2.24, 2.45) is 5.92 Å². The fraction of sp³-hybridized carbons (Fsp3) is 0.600. The van der Waals surface area contributed by atoms with Gasteiger partial charge in [-0.1, -0.05) is 0 Å². The average molecular weight is 356 g/mol. The van der Waals surface area contributed by atoms with Crippen molar-refractivity contribution in [1.29, 1.82) is 0 Å². The van der Waals surface area contributed by atoms with E-state index in [2.05, 4.69) is 20.0 Å². The molecule has 3 heterocycles. The van der Waals surface area contributed by atoms with Gasteiger partial charge < -0.3 is 4.90 Å². The highest BCUT2D eigenvalue weighted by Crippen LogP contribution is 2.26. The molecule has 7 nitrogen and oxygen atoms in total. The Hall–Kier alpha value is -2.23. The largest absolute Gasteiger partial charge is 0.433 e. The Balaban J connectivity index is 1.49. The Morgan fingerprint density at radius 2 is 1.92 bits per heavy atom. The predicted molar refractivity (Wildman–Crippen MR) is 82.7 cm³/mol. The van der Waals surface area contributed by atoms with Crippen LogP contribution in [-0.2, 0) is 19.3 Å². The lowest BCUT2D eigenvalue weighted by Crippen LogP contribution is -2.38. The smallest absolute Gasteiger partial charge is 0.301 e. The third kappa shape index (κ3) is 4.65. The topological polar surface area (TPSA) is 68.8 Å². The first-order valence-electron chi connectivity index (χ1n) is 8.10. The second-order valence-electron chi connectivity index (χ2n) is 6.21. The maximum atomic E-state index is 12.5. The van der Waals surface area contributed by atoms with Crippen molar-refractivity contribution in [3.8, 4) is 0 Å². The lowest BCUT2D eigenvalue weighted by atomic mass is 9.96. The van der Waals surface area contributed by atoms with E-state index in [0.717, 1.165) is 45.3 Å². The zero-order valence-corrected chi connectivity index (χ0v) is 13.6. The summed E-state index contributed by atoms with van der Waals surface area (Å²) in [6.07, 6.45) is 1.38. The third-order valence-corrected chi connectivity index (χ3v) is 4.44. The van der Waals surface area contributed by atoms with Crippen molar-refractivity contribution >= 4 is 0 Å². The molecule has 1 fully saturated rings. The average Bonchev–Trinajstić information content (AvgIpc) is 3.08. The van der Waals surface area contributed by atoms with Crippen LogP contribution in [0.1, 0.15) is 18.5 Å². The van der Waals surface area contributed by atoms with Crippen LogP contribution in [-0.4, -0.2) is 48.8 Å². The molecule has 0 aromatic carbocycles. The van der Waals surface area contributed by atoms with Crippen LogP contribution in [0.3, 0.4) is 0 Å². The minimum absolute atomic E-state index is 0.263. The first kappa shape index (κ1) is 17.6. The molecular weight excluding hydrogens is 337 g/mol. The van der Waals surface area contributed by atoms with Gasteiger partial charge in [0, 0.05) is 19.2 Å². The first-order valence-corrected chi connectivity index (χ1v) is 8.10. The minimum atomic E-state index is -4.59. The van der Waals surface area contributed by atoms with Crippen molar-refractivity contribution in [2.75, 3.05) is 19.6 Å². The highest BCUT2D eigenvalue weighted by atomic mass is 19.4. The number of alkyl halides is 3. The number of nitrogens with zero attached hydrogens (tertiary/aromatic N) is 6. The SMILES string of the molecule is O=c1cc(C(F)(F)F)ncn1CC1CCN(CCn2cncn2)CC1. The predicted octanol–water partition coefficient (Wildman–Crippen LogP) is 1.27. The molecule has 0 bridgehead atoms. The zero-order valence-electron chi connectivity index (χ0n) is 13.6. The van der Waals surface area contributed by atoms with Gasteiger partial charge in [-0.25, -0.2) is 9.97 Å². The summed E-state index contributed by atoms with van der Waals surface area (Å²) in [6.45, 7) is 3.83. The molecule has 0 amide bonds. The van der Waals surface area contributed by atoms with E-state index in [0.29, 0.717) is 12.6 Å². The van der Waals surface area contributed by atoms with Gasteiger partial charge in [-0.05, 0) is 31.8 Å². The summed E-state index contributed by atoms with van der Waals surface area (Å²) < 4.78 is 40.7. The maximum absolute atomic E-state index is 12.5. The molecule has 0 aliphatic carbocycles. The molecule has 0 radical (unpaired) electrons. The molecule has 0 spiro atoms. The van der Waals surface area contributed by atoms with Crippen LogP contribution in [0.15, 0.2) is 29.8 Å². The summed E-state index contributed by atoms with van der Waals surface area (Å²) in [6, 6.07) is 0.563. The van der Waals surface area contributed by atoms with Crippen LogP contribution in [0.25, 0.3) is 0 Å². The van der Waals surface area contributed by atoms with Crippen LogP contribution in [0.2, 0.25) is 0 Å². The Labute approximate surface area is 142 Å². The molecule has 2 aromatic rings. The van der Waals surface area contributed by atoms with Gasteiger partial charge in [0.1, 0.15) is 12.7 Å². The second kappa shape index (κ2) is 7.34. The summed E-state index contributed by atoms with van der Waals surface area (Å²) in [5, 5.41) is 4.06. The van der Waals surface area contributed by atoms with E-state index in [4.69, 9.17) is 0 Å². The van der Waals surface area contributed by atoms with Gasteiger partial charge in [0.15, 0.2) is 5.69 Å². The number of piperidine rings is 1. The van der Waals surface area contributed by atoms with Crippen molar-refractivity contribution in [1.82, 2.24) is 29.2 Å². The monoisotopic (exact) mass is 356 g/mol. The van der Waals surface area contributed by atoms with Crippen LogP contribution in [0.4, 0.5) is 13.2 Å². The van der Waals surface area contributed by atoms with E-state index in [1.807, 2.05) is 0 Å². The van der Waals surface area contributed by atoms with E-state index >= 15 is 0 Å². The maximum Gasteiger partial charge on any atom is 0.433 e. The minimum Gasteiger partial charge on any atom is -0.301 e. The highest BCUT2D eigenvalue weighted by molar-refractivity contribution is 5.03. The summed E-state index contributed by atoms with van der Waals surface area (Å²) in [4.78, 5) is 21.4. The van der Waals surface area contributed by atoms with Crippen LogP contribution < -0.4 is 5.56 Å². The molecule has 0 saturated carbocycles. The van der Waals surface area contributed by atoms with E-state index in [-0.39, 0.29) is 5.92 Å². The van der Waals surface area contributed by atoms with Gasteiger partial charge in [0.05, 0.1) is 12.9 Å². The third-order valence-electron chi connectivity index (χ3n) is 4.44. The van der Waals surface area contributed by atoms with Crippen molar-refractivity contribution in [3.05, 3.63) is 41.1 Å². The molecule has 1 aliphatic heterocycles. The number of likely N-dealkylation sites (tertiary alicyclic amines) is 1. The standard InChI is InChI=1S/C15H19F3N6O/c16-15(17,18)13-7-14(25)23(11-20-13)8-12-1-3-22(4-2-12)5-6-24-10-19-9-21-24/h7,9-12H,1-6,8H2. The number of halogens is 3. The Morgan fingerprint density at radius 3 is 2.52 bits per heavy atom. The van der Waals surface area contributed by atoms with Gasteiger partial charge in [-0.15, -0.1) is 0 Å². The fourth-order valence-electron chi connectivity index (χ4n) is 2.98. The first-order chi connectivity index (χ1) is 11.9. The van der Waals surface area contributed by atoms with E-state index < -0.39 is 17.4 Å². The van der Waals surface area contributed by atoms with Gasteiger partial charge >= 0.3 is 6.18 Å². The van der Waals surface area contributed by atoms with Gasteiger partial charge in [0.2, 0.25) is 0 Å². The summed E-state index contributed by atoms with van der Waals surface area (Å²) >= 11 is 0. The number of hydrogen-bond donors (Lipinski definition) is 0. The van der Waals surface area contributed by atoms with Crippen LogP contribution >= 0.6 is 0 Å². The molecule has 0 unspecified atom stereocenters. The van der Waals surface area contributed by atoms with E-state index in [1.54, 1.807) is 11.0 Å². The van der Waals surface area contributed by atoms with Crippen LogP contribution in [0, 0.1) is 5.92 Å². The van der Waals surface area contributed by atoms with Gasteiger partial charge in [-0.3, -0.25) is 14.0 Å². The quantitative estimate of drug-likeness (QED) is 0.807. The summed E-state index contributed by atoms with van der Waals surface area (Å²) in [5.74, 6) is 0.263. The van der Waals surface area contributed by atoms with E-state index in [1.165, 1.54) is 10.9 Å². The second-order valence-corrected chi connectivity index (χ2v) is 6.21. The molecular formula is C15H19F3N6O. The number of rotatable bonds is 5. The summed E-state index contributed by atoms with van der Waals surface area (Å²) in [7, 11) is 0. The molecule has 3 rings (SSSR count). The Morgan fingerprint density at radius 1 is 1.16 bits per heavy atom. The Bertz CT molecular complexity index is 734. The molecule has 1 saturated heterocycles. The Kier molecular flexibility index (Phi) is 5.16. The summed E-state index contributed by atoms with van der Waals surface area (Å²) in [5.41, 5.74) is -1.80. The normalized spacial score (nSPS) is 17.1. The zero-order chi connectivity index (χ0) is 17.9. The van der Waals surface area contributed by atoms with Crippen molar-refractivity contribution in [3.63, 3.8) is 0 Å². The lowest BCUT2D eigenvalue weighted by Gasteiger charge is -2.32. The van der Waals surface area contributed by atoms with E-state index in [9.17, 15) is 18.0 Å². The number of hydrogen-bond acceptors (Lipinski definition) is 5. The van der Waals surface area contributed by atoms with Gasteiger partial charge in [-0.2, -0.15) is 18.3 Å². The fourth-order valence-corrected chi connectivity index (χ4v) is 2.98. The van der Waals surface area contributed by atoms with Crippen molar-refractivity contribution < 1.29 is 13.2 Å². The molecule has 136 valence electrons. The number of aromatic nitrogens is 5. The van der Waals surface area contributed by atoms with Crippen molar-refractivity contribution in [2.45, 2.75) is 32.1 Å². The molecule has 0 atom stereocenters. The lowest BCUT2D eigenvalue weighted by molar-refractivity contribution is -0.141. The molecule has 2 aromatic heterocycles.